The van der Waals surface area contributed by atoms with E-state index in [1.165, 1.54) is 35.6 Å². The van der Waals surface area contributed by atoms with Crippen LogP contribution in [0.3, 0.4) is 0 Å². The van der Waals surface area contributed by atoms with Crippen molar-refractivity contribution in [1.29, 1.82) is 0 Å². The molecule has 3 rings (SSSR count). The smallest absolute Gasteiger partial charge is 0.234 e. The van der Waals surface area contributed by atoms with E-state index in [1.54, 1.807) is 24.3 Å². The van der Waals surface area contributed by atoms with E-state index in [9.17, 15) is 9.59 Å². The summed E-state index contributed by atoms with van der Waals surface area (Å²) in [7, 11) is 0. The van der Waals surface area contributed by atoms with E-state index in [0.717, 1.165) is 11.3 Å². The van der Waals surface area contributed by atoms with Crippen molar-refractivity contribution in [1.82, 2.24) is 10.2 Å². The molecule has 0 radical (unpaired) electrons. The van der Waals surface area contributed by atoms with Crippen LogP contribution < -0.4 is 10.6 Å². The van der Waals surface area contributed by atoms with E-state index >= 15 is 0 Å². The molecule has 1 heterocycles. The molecule has 144 valence electrons. The Morgan fingerprint density at radius 3 is 2.57 bits per heavy atom. The highest BCUT2D eigenvalue weighted by Gasteiger charge is 2.12. The van der Waals surface area contributed by atoms with Gasteiger partial charge in [-0.25, -0.2) is 0 Å². The van der Waals surface area contributed by atoms with Crippen molar-refractivity contribution in [3.05, 3.63) is 59.2 Å². The lowest BCUT2D eigenvalue weighted by Gasteiger charge is -2.08. The summed E-state index contributed by atoms with van der Waals surface area (Å²) in [4.78, 5) is 23.9. The van der Waals surface area contributed by atoms with Gasteiger partial charge in [0.15, 0.2) is 10.1 Å². The zero-order chi connectivity index (χ0) is 20.1. The monoisotopic (exact) mass is 412 g/mol. The second-order valence-electron chi connectivity index (χ2n) is 6.18. The number of anilines is 3. The number of Topliss-reactive ketones (excluding diaryl/α,β-unsaturated/α-hetero) is 1. The first-order chi connectivity index (χ1) is 13.4. The first kappa shape index (κ1) is 20.0. The third kappa shape index (κ3) is 4.96. The predicted octanol–water partition coefficient (Wildman–Crippen LogP) is 4.83. The van der Waals surface area contributed by atoms with Crippen LogP contribution >= 0.6 is 23.1 Å². The molecule has 0 fully saturated rings. The number of thioether (sulfide) groups is 1. The molecule has 0 saturated carbocycles. The van der Waals surface area contributed by atoms with E-state index in [2.05, 4.69) is 40.7 Å². The molecule has 1 amide bonds. The number of aryl methyl sites for hydroxylation is 1. The number of hydrogen-bond donors (Lipinski definition) is 2. The first-order valence-corrected chi connectivity index (χ1v) is 10.4. The van der Waals surface area contributed by atoms with Crippen LogP contribution in [0.15, 0.2) is 46.8 Å². The highest BCUT2D eigenvalue weighted by Crippen LogP contribution is 2.29. The third-order valence-electron chi connectivity index (χ3n) is 4.16. The molecule has 28 heavy (non-hydrogen) atoms. The fourth-order valence-corrected chi connectivity index (χ4v) is 4.10. The van der Waals surface area contributed by atoms with Gasteiger partial charge in [-0.3, -0.25) is 9.59 Å². The molecule has 0 spiro atoms. The van der Waals surface area contributed by atoms with Gasteiger partial charge in [-0.1, -0.05) is 47.4 Å². The number of nitrogens with zero attached hydrogens (tertiary/aromatic N) is 2. The van der Waals surface area contributed by atoms with Crippen molar-refractivity contribution in [3.63, 3.8) is 0 Å². The fraction of sp³-hybridized carbons (Fsp3) is 0.200. The molecule has 0 unspecified atom stereocenters. The van der Waals surface area contributed by atoms with E-state index in [-0.39, 0.29) is 17.4 Å². The minimum absolute atomic E-state index is 0.0881. The zero-order valence-corrected chi connectivity index (χ0v) is 17.4. The Morgan fingerprint density at radius 1 is 1.04 bits per heavy atom. The molecule has 6 nitrogen and oxygen atoms in total. The van der Waals surface area contributed by atoms with Crippen LogP contribution in [0.25, 0.3) is 0 Å². The molecule has 0 atom stereocenters. The second kappa shape index (κ2) is 8.99. The average Bonchev–Trinajstić information content (AvgIpc) is 3.11. The Hall–Kier alpha value is -2.71. The number of aromatic nitrogens is 2. The fourth-order valence-electron chi connectivity index (χ4n) is 2.53. The van der Waals surface area contributed by atoms with Gasteiger partial charge in [0.1, 0.15) is 0 Å². The zero-order valence-electron chi connectivity index (χ0n) is 15.8. The van der Waals surface area contributed by atoms with E-state index < -0.39 is 0 Å². The third-order valence-corrected chi connectivity index (χ3v) is 6.13. The minimum atomic E-state index is -0.196. The average molecular weight is 413 g/mol. The maximum atomic E-state index is 12.2. The number of hydrogen-bond acceptors (Lipinski definition) is 7. The summed E-state index contributed by atoms with van der Waals surface area (Å²) >= 11 is 2.70. The van der Waals surface area contributed by atoms with Gasteiger partial charge in [-0.05, 0) is 50.1 Å². The van der Waals surface area contributed by atoms with Gasteiger partial charge in [-0.15, -0.1) is 10.2 Å². The van der Waals surface area contributed by atoms with Crippen LogP contribution in [-0.2, 0) is 4.79 Å². The lowest BCUT2D eigenvalue weighted by Crippen LogP contribution is -2.16. The predicted molar refractivity (Wildman–Crippen MR) is 115 cm³/mol. The first-order valence-electron chi connectivity index (χ1n) is 8.63. The highest BCUT2D eigenvalue weighted by atomic mass is 32.2. The maximum absolute atomic E-state index is 12.2. The number of nitrogens with one attached hydrogen (secondary N) is 2. The molecule has 8 heteroatoms. The van der Waals surface area contributed by atoms with Gasteiger partial charge in [-0.2, -0.15) is 0 Å². The Kier molecular flexibility index (Phi) is 6.43. The van der Waals surface area contributed by atoms with Crippen molar-refractivity contribution in [2.75, 3.05) is 16.4 Å². The molecule has 0 aliphatic carbocycles. The molecular weight excluding hydrogens is 392 g/mol. The van der Waals surface area contributed by atoms with Crippen LogP contribution in [0.2, 0.25) is 0 Å². The molecule has 2 N–H and O–H groups in total. The molecular formula is C20H20N4O2S2. The molecule has 3 aromatic rings. The molecule has 0 bridgehead atoms. The van der Waals surface area contributed by atoms with Gasteiger partial charge < -0.3 is 10.6 Å². The van der Waals surface area contributed by atoms with Crippen LogP contribution in [0.4, 0.5) is 16.5 Å². The number of ketones is 1. The molecule has 0 aliphatic rings. The normalized spacial score (nSPS) is 10.5. The van der Waals surface area contributed by atoms with Gasteiger partial charge in [0.25, 0.3) is 0 Å². The number of carbonyl (C=O) groups excluding carboxylic acids is 2. The van der Waals surface area contributed by atoms with Crippen molar-refractivity contribution in [3.8, 4) is 0 Å². The maximum Gasteiger partial charge on any atom is 0.234 e. The number of amides is 1. The SMILES string of the molecule is CC(=O)c1ccccc1NC(=O)CSc1nnc(Nc2cccc(C)c2C)s1. The van der Waals surface area contributed by atoms with E-state index in [1.807, 2.05) is 12.1 Å². The van der Waals surface area contributed by atoms with Gasteiger partial charge in [0.2, 0.25) is 11.0 Å². The Balaban J connectivity index is 1.58. The Bertz CT molecular complexity index is 1020. The number of para-hydroxylation sites is 1. The van der Waals surface area contributed by atoms with Gasteiger partial charge >= 0.3 is 0 Å². The van der Waals surface area contributed by atoms with Crippen molar-refractivity contribution in [2.24, 2.45) is 0 Å². The number of rotatable bonds is 7. The Labute approximate surface area is 171 Å². The summed E-state index contributed by atoms with van der Waals surface area (Å²) in [6, 6.07) is 13.0. The molecule has 1 aromatic heterocycles. The van der Waals surface area contributed by atoms with E-state index in [4.69, 9.17) is 0 Å². The highest BCUT2D eigenvalue weighted by molar-refractivity contribution is 8.01. The molecule has 0 saturated heterocycles. The summed E-state index contributed by atoms with van der Waals surface area (Å²) in [5, 5.41) is 15.0. The summed E-state index contributed by atoms with van der Waals surface area (Å²) in [5.74, 6) is -0.0996. The Morgan fingerprint density at radius 2 is 1.79 bits per heavy atom. The summed E-state index contributed by atoms with van der Waals surface area (Å²) in [6.07, 6.45) is 0. The van der Waals surface area contributed by atoms with Gasteiger partial charge in [0.05, 0.1) is 11.4 Å². The topological polar surface area (TPSA) is 84.0 Å². The van der Waals surface area contributed by atoms with Crippen LogP contribution in [0.5, 0.6) is 0 Å². The second-order valence-corrected chi connectivity index (χ2v) is 8.38. The quantitative estimate of drug-likeness (QED) is 0.427. The molecule has 2 aromatic carbocycles. The lowest BCUT2D eigenvalue weighted by atomic mass is 10.1. The molecule has 0 aliphatic heterocycles. The largest absolute Gasteiger partial charge is 0.330 e. The van der Waals surface area contributed by atoms with E-state index in [0.29, 0.717) is 20.7 Å². The van der Waals surface area contributed by atoms with Crippen LogP contribution in [-0.4, -0.2) is 27.6 Å². The van der Waals surface area contributed by atoms with Gasteiger partial charge in [0, 0.05) is 11.3 Å². The standard InChI is InChI=1S/C20H20N4O2S2/c1-12-7-6-10-16(13(12)2)22-19-23-24-20(28-19)27-11-18(26)21-17-9-5-4-8-15(17)14(3)25/h4-10H,11H2,1-3H3,(H,21,26)(H,22,23). The van der Waals surface area contributed by atoms with Crippen molar-refractivity contribution < 1.29 is 9.59 Å². The number of carbonyl (C=O) groups is 2. The number of benzene rings is 2. The summed E-state index contributed by atoms with van der Waals surface area (Å²) in [5.41, 5.74) is 4.38. The van der Waals surface area contributed by atoms with Crippen molar-refractivity contribution in [2.45, 2.75) is 25.1 Å². The van der Waals surface area contributed by atoms with Crippen molar-refractivity contribution >= 4 is 51.3 Å². The van der Waals surface area contributed by atoms with Crippen LogP contribution in [0.1, 0.15) is 28.4 Å². The van der Waals surface area contributed by atoms with Crippen LogP contribution in [0, 0.1) is 13.8 Å². The summed E-state index contributed by atoms with van der Waals surface area (Å²) in [6.45, 7) is 5.59. The minimum Gasteiger partial charge on any atom is -0.330 e. The summed E-state index contributed by atoms with van der Waals surface area (Å²) < 4.78 is 0.697. The lowest BCUT2D eigenvalue weighted by molar-refractivity contribution is -0.113.